The molecule has 0 bridgehead atoms. The van der Waals surface area contributed by atoms with E-state index in [2.05, 4.69) is 4.98 Å². The Hall–Kier alpha value is -2.43. The van der Waals surface area contributed by atoms with E-state index in [0.717, 1.165) is 27.8 Å². The quantitative estimate of drug-likeness (QED) is 0.519. The maximum Gasteiger partial charge on any atom is 0.269 e. The van der Waals surface area contributed by atoms with E-state index in [1.807, 2.05) is 0 Å². The lowest BCUT2D eigenvalue weighted by molar-refractivity contribution is 0.391. The summed E-state index contributed by atoms with van der Waals surface area (Å²) in [6.07, 6.45) is 1.28. The zero-order valence-electron chi connectivity index (χ0n) is 15.2. The van der Waals surface area contributed by atoms with Crippen LogP contribution in [0.25, 0.3) is 0 Å². The number of aromatic nitrogens is 1. The molecule has 3 rings (SSSR count). The highest BCUT2D eigenvalue weighted by molar-refractivity contribution is 7.93. The van der Waals surface area contributed by atoms with Crippen LogP contribution in [-0.4, -0.2) is 27.6 Å². The van der Waals surface area contributed by atoms with Crippen LogP contribution in [0.4, 0.5) is 13.9 Å². The number of sulfonamides is 1. The van der Waals surface area contributed by atoms with Crippen molar-refractivity contribution in [1.29, 1.82) is 0 Å². The van der Waals surface area contributed by atoms with Crippen LogP contribution in [0.5, 0.6) is 11.5 Å². The van der Waals surface area contributed by atoms with Crippen molar-refractivity contribution in [3.8, 4) is 11.5 Å². The topological polar surface area (TPSA) is 68.7 Å². The van der Waals surface area contributed by atoms with E-state index in [1.54, 1.807) is 18.2 Å². The summed E-state index contributed by atoms with van der Waals surface area (Å²) < 4.78 is 65.9. The summed E-state index contributed by atoms with van der Waals surface area (Å²) in [6, 6.07) is 7.03. The van der Waals surface area contributed by atoms with Gasteiger partial charge < -0.3 is 9.47 Å². The fourth-order valence-corrected chi connectivity index (χ4v) is 5.14. The number of methoxy groups -OCH3 is 2. The first-order valence-corrected chi connectivity index (χ1v) is 10.7. The monoisotopic (exact) mass is 460 g/mol. The first-order valence-electron chi connectivity index (χ1n) is 8.06. The van der Waals surface area contributed by atoms with E-state index >= 15 is 0 Å². The Labute approximate surface area is 175 Å². The minimum Gasteiger partial charge on any atom is -0.497 e. The van der Waals surface area contributed by atoms with Crippen LogP contribution < -0.4 is 13.8 Å². The fraction of sp³-hybridized carbons (Fsp3) is 0.167. The molecule has 0 N–H and O–H groups in total. The second-order valence-electron chi connectivity index (χ2n) is 5.71. The molecule has 29 heavy (non-hydrogen) atoms. The number of halogens is 3. The molecule has 0 saturated heterocycles. The Morgan fingerprint density at radius 1 is 1.14 bits per heavy atom. The van der Waals surface area contributed by atoms with Crippen molar-refractivity contribution in [3.05, 3.63) is 64.1 Å². The standard InChI is InChI=1S/C18H15ClF2N2O4S2/c1-26-13-5-3-11(15(8-13)27-2)10-23(18-22-9-17(19)28-18)29(24,25)16-7-12(20)4-6-14(16)21/h3-9H,10H2,1-2H3. The van der Waals surface area contributed by atoms with Crippen LogP contribution in [0, 0.1) is 11.6 Å². The molecule has 154 valence electrons. The van der Waals surface area contributed by atoms with Gasteiger partial charge in [-0.25, -0.2) is 26.5 Å². The van der Waals surface area contributed by atoms with Gasteiger partial charge in [0.1, 0.15) is 32.4 Å². The largest absolute Gasteiger partial charge is 0.497 e. The summed E-state index contributed by atoms with van der Waals surface area (Å²) in [5, 5.41) is -0.00321. The normalized spacial score (nSPS) is 11.3. The second kappa shape index (κ2) is 8.52. The van der Waals surface area contributed by atoms with Gasteiger partial charge in [-0.05, 0) is 30.3 Å². The zero-order chi connectivity index (χ0) is 21.2. The summed E-state index contributed by atoms with van der Waals surface area (Å²) in [5.74, 6) is -1.11. The summed E-state index contributed by atoms with van der Waals surface area (Å²) in [4.78, 5) is 3.19. The Bertz CT molecular complexity index is 1140. The Balaban J connectivity index is 2.13. The zero-order valence-corrected chi connectivity index (χ0v) is 17.6. The van der Waals surface area contributed by atoms with Crippen LogP contribution in [0.15, 0.2) is 47.5 Å². The Morgan fingerprint density at radius 3 is 2.52 bits per heavy atom. The van der Waals surface area contributed by atoms with Crippen molar-refractivity contribution in [2.45, 2.75) is 11.4 Å². The van der Waals surface area contributed by atoms with E-state index < -0.39 is 26.6 Å². The minimum atomic E-state index is -4.51. The molecule has 11 heteroatoms. The summed E-state index contributed by atoms with van der Waals surface area (Å²) in [5.41, 5.74) is 0.458. The average Bonchev–Trinajstić information content (AvgIpc) is 3.13. The first kappa shape index (κ1) is 21.3. The maximum absolute atomic E-state index is 14.3. The second-order valence-corrected chi connectivity index (χ2v) is 9.18. The molecule has 0 amide bonds. The van der Waals surface area contributed by atoms with Crippen LogP contribution in [0.3, 0.4) is 0 Å². The van der Waals surface area contributed by atoms with Gasteiger partial charge in [-0.3, -0.25) is 0 Å². The van der Waals surface area contributed by atoms with Gasteiger partial charge in [0.25, 0.3) is 10.0 Å². The predicted octanol–water partition coefficient (Wildman–Crippen LogP) is 4.49. The third-order valence-electron chi connectivity index (χ3n) is 3.95. The number of ether oxygens (including phenoxy) is 2. The molecular formula is C18H15ClF2N2O4S2. The molecule has 2 aromatic carbocycles. The highest BCUT2D eigenvalue weighted by Crippen LogP contribution is 2.35. The molecule has 0 unspecified atom stereocenters. The molecule has 0 aliphatic carbocycles. The van der Waals surface area contributed by atoms with Crippen molar-refractivity contribution in [2.75, 3.05) is 18.5 Å². The first-order chi connectivity index (χ1) is 13.8. The summed E-state index contributed by atoms with van der Waals surface area (Å²) >= 11 is 6.80. The molecule has 1 heterocycles. The van der Waals surface area contributed by atoms with Gasteiger partial charge in [-0.1, -0.05) is 22.9 Å². The number of thiazole rings is 1. The van der Waals surface area contributed by atoms with Gasteiger partial charge in [0.2, 0.25) is 5.13 Å². The molecule has 0 saturated carbocycles. The average molecular weight is 461 g/mol. The van der Waals surface area contributed by atoms with E-state index in [1.165, 1.54) is 20.4 Å². The summed E-state index contributed by atoms with van der Waals surface area (Å²) in [6.45, 7) is -0.255. The predicted molar refractivity (Wildman–Crippen MR) is 106 cm³/mol. The van der Waals surface area contributed by atoms with Gasteiger partial charge in [0, 0.05) is 11.6 Å². The van der Waals surface area contributed by atoms with Crippen molar-refractivity contribution in [1.82, 2.24) is 4.98 Å². The van der Waals surface area contributed by atoms with Gasteiger partial charge in [0.05, 0.1) is 27.0 Å². The maximum atomic E-state index is 14.3. The van der Waals surface area contributed by atoms with Crippen molar-refractivity contribution in [2.24, 2.45) is 0 Å². The smallest absolute Gasteiger partial charge is 0.269 e. The molecule has 6 nitrogen and oxygen atoms in total. The van der Waals surface area contributed by atoms with Crippen molar-refractivity contribution < 1.29 is 26.7 Å². The van der Waals surface area contributed by atoms with Gasteiger partial charge in [-0.2, -0.15) is 0 Å². The van der Waals surface area contributed by atoms with E-state index in [-0.39, 0.29) is 16.0 Å². The van der Waals surface area contributed by atoms with E-state index in [9.17, 15) is 17.2 Å². The molecule has 0 spiro atoms. The molecular weight excluding hydrogens is 446 g/mol. The fourth-order valence-electron chi connectivity index (χ4n) is 2.55. The molecule has 0 fully saturated rings. The lowest BCUT2D eigenvalue weighted by Gasteiger charge is -2.23. The number of hydrogen-bond donors (Lipinski definition) is 0. The van der Waals surface area contributed by atoms with Gasteiger partial charge >= 0.3 is 0 Å². The molecule has 0 atom stereocenters. The highest BCUT2D eigenvalue weighted by atomic mass is 35.5. The Kier molecular flexibility index (Phi) is 6.25. The molecule has 0 radical (unpaired) electrons. The molecule has 0 aliphatic rings. The lowest BCUT2D eigenvalue weighted by atomic mass is 10.2. The molecule has 3 aromatic rings. The third-order valence-corrected chi connectivity index (χ3v) is 6.95. The summed E-state index contributed by atoms with van der Waals surface area (Å²) in [7, 11) is -1.61. The molecule has 0 aliphatic heterocycles. The number of benzene rings is 2. The third kappa shape index (κ3) is 4.44. The van der Waals surface area contributed by atoms with E-state index in [0.29, 0.717) is 23.1 Å². The number of rotatable bonds is 7. The lowest BCUT2D eigenvalue weighted by Crippen LogP contribution is -2.31. The van der Waals surface area contributed by atoms with Crippen LogP contribution >= 0.6 is 22.9 Å². The van der Waals surface area contributed by atoms with E-state index in [4.69, 9.17) is 21.1 Å². The number of nitrogens with zero attached hydrogens (tertiary/aromatic N) is 2. The van der Waals surface area contributed by atoms with Crippen LogP contribution in [-0.2, 0) is 16.6 Å². The van der Waals surface area contributed by atoms with Crippen molar-refractivity contribution >= 4 is 38.1 Å². The highest BCUT2D eigenvalue weighted by Gasteiger charge is 2.31. The van der Waals surface area contributed by atoms with Crippen LogP contribution in [0.2, 0.25) is 4.34 Å². The number of anilines is 1. The van der Waals surface area contributed by atoms with Crippen LogP contribution in [0.1, 0.15) is 5.56 Å². The SMILES string of the molecule is COc1ccc(CN(c2ncc(Cl)s2)S(=O)(=O)c2cc(F)ccc2F)c(OC)c1. The minimum absolute atomic E-state index is 0.00321. The number of hydrogen-bond acceptors (Lipinski definition) is 6. The van der Waals surface area contributed by atoms with Gasteiger partial charge in [0.15, 0.2) is 0 Å². The molecule has 1 aromatic heterocycles. The Morgan fingerprint density at radius 2 is 1.90 bits per heavy atom. The van der Waals surface area contributed by atoms with Crippen molar-refractivity contribution in [3.63, 3.8) is 0 Å². The van der Waals surface area contributed by atoms with Gasteiger partial charge in [-0.15, -0.1) is 0 Å².